The minimum atomic E-state index is 0.218. The lowest BCUT2D eigenvalue weighted by atomic mass is 9.90. The van der Waals surface area contributed by atoms with Crippen molar-refractivity contribution in [2.24, 2.45) is 5.41 Å². The van der Waals surface area contributed by atoms with Crippen LogP contribution >= 0.6 is 11.5 Å². The third-order valence-corrected chi connectivity index (χ3v) is 4.29. The molecule has 1 aromatic rings. The second-order valence-electron chi connectivity index (χ2n) is 5.85. The van der Waals surface area contributed by atoms with Crippen molar-refractivity contribution in [3.8, 4) is 0 Å². The number of nitrogens with two attached hydrogens (primary N) is 1. The molecule has 0 unspecified atom stereocenters. The highest BCUT2D eigenvalue weighted by Gasteiger charge is 2.31. The number of nitrogens with zero attached hydrogens (tertiary/aromatic N) is 1. The Kier molecular flexibility index (Phi) is 4.12. The van der Waals surface area contributed by atoms with E-state index in [4.69, 9.17) is 10.5 Å². The second-order valence-corrected chi connectivity index (χ2v) is 6.62. The first-order valence-corrected chi connectivity index (χ1v) is 7.29. The largest absolute Gasteiger partial charge is 0.385 e. The molecule has 0 saturated heterocycles. The summed E-state index contributed by atoms with van der Waals surface area (Å²) < 4.78 is 9.42. The number of nitrogens with one attached hydrogen (secondary N) is 1. The predicted molar refractivity (Wildman–Crippen MR) is 77.3 cm³/mol. The number of aromatic nitrogens is 1. The van der Waals surface area contributed by atoms with Gasteiger partial charge in [0.1, 0.15) is 10.8 Å². The molecule has 18 heavy (non-hydrogen) atoms. The lowest BCUT2D eigenvalue weighted by molar-refractivity contribution is 0.157. The summed E-state index contributed by atoms with van der Waals surface area (Å²) in [6, 6.07) is 0. The quantitative estimate of drug-likeness (QED) is 0.798. The van der Waals surface area contributed by atoms with Crippen LogP contribution in [0.3, 0.4) is 0 Å². The number of methoxy groups -OCH3 is 1. The van der Waals surface area contributed by atoms with Crippen molar-refractivity contribution in [3.05, 3.63) is 5.56 Å². The van der Waals surface area contributed by atoms with Gasteiger partial charge in [0.05, 0.1) is 0 Å². The van der Waals surface area contributed by atoms with Gasteiger partial charge in [0, 0.05) is 25.8 Å². The van der Waals surface area contributed by atoms with Gasteiger partial charge in [0.25, 0.3) is 0 Å². The van der Waals surface area contributed by atoms with Crippen LogP contribution in [0.4, 0.5) is 10.8 Å². The normalized spacial score (nSPS) is 15.9. The maximum atomic E-state index is 5.94. The van der Waals surface area contributed by atoms with E-state index in [1.807, 2.05) is 0 Å². The highest BCUT2D eigenvalue weighted by Crippen LogP contribution is 2.47. The van der Waals surface area contributed by atoms with Gasteiger partial charge in [0.2, 0.25) is 0 Å². The fourth-order valence-electron chi connectivity index (χ4n) is 1.99. The van der Waals surface area contributed by atoms with Gasteiger partial charge in [0.15, 0.2) is 0 Å². The van der Waals surface area contributed by atoms with Gasteiger partial charge in [-0.15, -0.1) is 0 Å². The van der Waals surface area contributed by atoms with Gasteiger partial charge in [-0.1, -0.05) is 13.8 Å². The van der Waals surface area contributed by atoms with Crippen LogP contribution in [0.1, 0.15) is 44.6 Å². The van der Waals surface area contributed by atoms with Crippen LogP contribution in [0.15, 0.2) is 0 Å². The SMILES string of the molecule is COCCC(C)(C)CNc1snc(N)c1C1CC1. The molecule has 5 heteroatoms. The molecule has 0 bridgehead atoms. The summed E-state index contributed by atoms with van der Waals surface area (Å²) in [6.45, 7) is 6.23. The molecule has 0 aromatic carbocycles. The Balaban J connectivity index is 1.93. The van der Waals surface area contributed by atoms with E-state index in [9.17, 15) is 0 Å². The van der Waals surface area contributed by atoms with E-state index in [1.54, 1.807) is 7.11 Å². The van der Waals surface area contributed by atoms with E-state index >= 15 is 0 Å². The number of ether oxygens (including phenoxy) is 1. The summed E-state index contributed by atoms with van der Waals surface area (Å²) in [5.74, 6) is 1.37. The monoisotopic (exact) mass is 269 g/mol. The summed E-state index contributed by atoms with van der Waals surface area (Å²) >= 11 is 1.49. The molecule has 0 radical (unpaired) electrons. The van der Waals surface area contributed by atoms with Crippen LogP contribution in [-0.2, 0) is 4.74 Å². The average Bonchev–Trinajstić information content (AvgIpc) is 3.09. The molecular weight excluding hydrogens is 246 g/mol. The van der Waals surface area contributed by atoms with Crippen LogP contribution < -0.4 is 11.1 Å². The van der Waals surface area contributed by atoms with Crippen LogP contribution in [0.25, 0.3) is 0 Å². The molecule has 1 saturated carbocycles. The van der Waals surface area contributed by atoms with Crippen LogP contribution in [0.5, 0.6) is 0 Å². The van der Waals surface area contributed by atoms with Crippen LogP contribution in [-0.4, -0.2) is 24.6 Å². The van der Waals surface area contributed by atoms with Crippen LogP contribution in [0.2, 0.25) is 0 Å². The molecular formula is C13H23N3OS. The Bertz CT molecular complexity index is 399. The molecule has 4 nitrogen and oxygen atoms in total. The highest BCUT2D eigenvalue weighted by molar-refractivity contribution is 7.10. The number of hydrogen-bond acceptors (Lipinski definition) is 5. The molecule has 0 amide bonds. The molecule has 102 valence electrons. The van der Waals surface area contributed by atoms with Crippen LogP contribution in [0, 0.1) is 5.41 Å². The van der Waals surface area contributed by atoms with Crippen molar-refractivity contribution >= 4 is 22.4 Å². The van der Waals surface area contributed by atoms with Crippen molar-refractivity contribution in [2.45, 2.75) is 39.0 Å². The van der Waals surface area contributed by atoms with E-state index in [2.05, 4.69) is 23.5 Å². The van der Waals surface area contributed by atoms with Gasteiger partial charge in [-0.2, -0.15) is 4.37 Å². The van der Waals surface area contributed by atoms with Gasteiger partial charge in [-0.25, -0.2) is 0 Å². The molecule has 2 rings (SSSR count). The first-order valence-electron chi connectivity index (χ1n) is 6.51. The lowest BCUT2D eigenvalue weighted by Gasteiger charge is -2.25. The second kappa shape index (κ2) is 5.45. The van der Waals surface area contributed by atoms with E-state index in [-0.39, 0.29) is 5.41 Å². The van der Waals surface area contributed by atoms with E-state index in [0.29, 0.717) is 5.92 Å². The molecule has 1 fully saturated rings. The number of nitrogen functional groups attached to an aromatic ring is 1. The number of anilines is 2. The standard InChI is InChI=1S/C13H23N3OS/c1-13(2,6-7-17-3)8-15-12-10(9-4-5-9)11(14)16-18-12/h9,15H,4-8H2,1-3H3,(H2,14,16). The Morgan fingerprint density at radius 3 is 2.83 bits per heavy atom. The Morgan fingerprint density at radius 1 is 1.50 bits per heavy atom. The third-order valence-electron chi connectivity index (χ3n) is 3.45. The van der Waals surface area contributed by atoms with Crippen molar-refractivity contribution in [3.63, 3.8) is 0 Å². The summed E-state index contributed by atoms with van der Waals surface area (Å²) in [4.78, 5) is 0. The van der Waals surface area contributed by atoms with Gasteiger partial charge in [-0.3, -0.25) is 0 Å². The number of rotatable bonds is 7. The summed E-state index contributed by atoms with van der Waals surface area (Å²) in [6.07, 6.45) is 3.55. The fourth-order valence-corrected chi connectivity index (χ4v) is 2.78. The smallest absolute Gasteiger partial charge is 0.142 e. The summed E-state index contributed by atoms with van der Waals surface area (Å²) in [5.41, 5.74) is 7.41. The molecule has 1 aliphatic rings. The Hall–Kier alpha value is -0.810. The van der Waals surface area contributed by atoms with Gasteiger partial charge in [-0.05, 0) is 42.1 Å². The molecule has 0 aliphatic heterocycles. The predicted octanol–water partition coefficient (Wildman–Crippen LogP) is 3.08. The van der Waals surface area contributed by atoms with Gasteiger partial charge < -0.3 is 15.8 Å². The Labute approximate surface area is 113 Å². The minimum Gasteiger partial charge on any atom is -0.385 e. The van der Waals surface area contributed by atoms with Crippen molar-refractivity contribution < 1.29 is 4.74 Å². The molecule has 3 N–H and O–H groups in total. The average molecular weight is 269 g/mol. The first-order chi connectivity index (χ1) is 8.53. The molecule has 0 spiro atoms. The molecule has 1 heterocycles. The fraction of sp³-hybridized carbons (Fsp3) is 0.769. The summed E-state index contributed by atoms with van der Waals surface area (Å²) in [5, 5.41) is 4.69. The zero-order valence-electron chi connectivity index (χ0n) is 11.5. The Morgan fingerprint density at radius 2 is 2.22 bits per heavy atom. The molecule has 1 aromatic heterocycles. The maximum Gasteiger partial charge on any atom is 0.142 e. The number of hydrogen-bond donors (Lipinski definition) is 2. The van der Waals surface area contributed by atoms with Crippen molar-refractivity contribution in [2.75, 3.05) is 31.3 Å². The molecule has 1 aliphatic carbocycles. The van der Waals surface area contributed by atoms with E-state index < -0.39 is 0 Å². The van der Waals surface area contributed by atoms with Crippen molar-refractivity contribution in [1.82, 2.24) is 4.37 Å². The topological polar surface area (TPSA) is 60.2 Å². The zero-order chi connectivity index (χ0) is 13.2. The molecule has 0 atom stereocenters. The third kappa shape index (κ3) is 3.36. The zero-order valence-corrected chi connectivity index (χ0v) is 12.3. The van der Waals surface area contributed by atoms with E-state index in [0.717, 1.165) is 25.4 Å². The first kappa shape index (κ1) is 13.6. The maximum absolute atomic E-state index is 5.94. The van der Waals surface area contributed by atoms with E-state index in [1.165, 1.54) is 34.9 Å². The van der Waals surface area contributed by atoms with Crippen molar-refractivity contribution in [1.29, 1.82) is 0 Å². The van der Waals surface area contributed by atoms with Gasteiger partial charge >= 0.3 is 0 Å². The summed E-state index contributed by atoms with van der Waals surface area (Å²) in [7, 11) is 1.75. The highest BCUT2D eigenvalue weighted by atomic mass is 32.1. The lowest BCUT2D eigenvalue weighted by Crippen LogP contribution is -2.24. The minimum absolute atomic E-state index is 0.218.